The number of aromatic hydroxyl groups is 1. The van der Waals surface area contributed by atoms with Crippen LogP contribution in [0.5, 0.6) is 5.75 Å². The molecule has 0 atom stereocenters. The van der Waals surface area contributed by atoms with E-state index in [4.69, 9.17) is 0 Å². The van der Waals surface area contributed by atoms with Crippen LogP contribution in [-0.2, 0) is 0 Å². The van der Waals surface area contributed by atoms with Crippen molar-refractivity contribution in [2.45, 2.75) is 6.92 Å². The Bertz CT molecular complexity index is 608. The molecule has 98 valence electrons. The van der Waals surface area contributed by atoms with Crippen LogP contribution in [0, 0.1) is 6.92 Å². The molecule has 0 fully saturated rings. The number of benzene rings is 2. The third kappa shape index (κ3) is 2.96. The fraction of sp³-hybridized carbons (Fsp3) is 0.133. The summed E-state index contributed by atoms with van der Waals surface area (Å²) in [6, 6.07) is 12.2. The standard InChI is InChI=1S/C15H14BrNO2/c1-10-3-8-14(16)13(9-10)15(19)17(2)11-4-6-12(18)7-5-11/h3-9,18H,1-2H3. The lowest BCUT2D eigenvalue weighted by Gasteiger charge is -2.18. The van der Waals surface area contributed by atoms with Crippen molar-refractivity contribution in [1.82, 2.24) is 0 Å². The van der Waals surface area contributed by atoms with Crippen LogP contribution in [0.25, 0.3) is 0 Å². The number of phenolic OH excluding ortho intramolecular Hbond substituents is 1. The fourth-order valence-corrected chi connectivity index (χ4v) is 2.19. The molecule has 0 aliphatic carbocycles. The van der Waals surface area contributed by atoms with Crippen molar-refractivity contribution in [1.29, 1.82) is 0 Å². The van der Waals surface area contributed by atoms with E-state index in [9.17, 15) is 9.90 Å². The summed E-state index contributed by atoms with van der Waals surface area (Å²) < 4.78 is 0.772. The molecular weight excluding hydrogens is 306 g/mol. The van der Waals surface area contributed by atoms with Crippen LogP contribution in [0.15, 0.2) is 46.9 Å². The van der Waals surface area contributed by atoms with Crippen molar-refractivity contribution in [3.05, 3.63) is 58.1 Å². The molecule has 0 spiro atoms. The molecule has 2 rings (SSSR count). The number of phenols is 1. The molecule has 0 saturated heterocycles. The second kappa shape index (κ2) is 5.45. The van der Waals surface area contributed by atoms with E-state index in [1.807, 2.05) is 25.1 Å². The molecular formula is C15H14BrNO2. The molecule has 2 aromatic carbocycles. The summed E-state index contributed by atoms with van der Waals surface area (Å²) in [7, 11) is 1.71. The van der Waals surface area contributed by atoms with Gasteiger partial charge in [-0.2, -0.15) is 0 Å². The maximum absolute atomic E-state index is 12.4. The first kappa shape index (κ1) is 13.6. The van der Waals surface area contributed by atoms with Gasteiger partial charge in [-0.15, -0.1) is 0 Å². The molecule has 0 aliphatic heterocycles. The number of halogens is 1. The Labute approximate surface area is 120 Å². The Hall–Kier alpha value is -1.81. The Morgan fingerprint density at radius 3 is 2.42 bits per heavy atom. The molecule has 0 bridgehead atoms. The highest BCUT2D eigenvalue weighted by atomic mass is 79.9. The lowest BCUT2D eigenvalue weighted by molar-refractivity contribution is 0.0992. The first-order chi connectivity index (χ1) is 8.99. The van der Waals surface area contributed by atoms with E-state index in [2.05, 4.69) is 15.9 Å². The zero-order valence-corrected chi connectivity index (χ0v) is 12.3. The maximum atomic E-state index is 12.4. The number of carbonyl (C=O) groups excluding carboxylic acids is 1. The zero-order chi connectivity index (χ0) is 14.0. The molecule has 0 aromatic heterocycles. The summed E-state index contributed by atoms with van der Waals surface area (Å²) in [5.74, 6) is 0.0857. The number of hydrogen-bond acceptors (Lipinski definition) is 2. The van der Waals surface area contributed by atoms with Crippen molar-refractivity contribution in [3.8, 4) is 5.75 Å². The second-order valence-electron chi connectivity index (χ2n) is 4.36. The molecule has 3 nitrogen and oxygen atoms in total. The van der Waals surface area contributed by atoms with Gasteiger partial charge in [0.1, 0.15) is 5.75 Å². The summed E-state index contributed by atoms with van der Waals surface area (Å²) >= 11 is 3.40. The van der Waals surface area contributed by atoms with Crippen LogP contribution in [-0.4, -0.2) is 18.1 Å². The molecule has 0 heterocycles. The highest BCUT2D eigenvalue weighted by Crippen LogP contribution is 2.23. The van der Waals surface area contributed by atoms with Gasteiger partial charge >= 0.3 is 0 Å². The highest BCUT2D eigenvalue weighted by Gasteiger charge is 2.16. The zero-order valence-electron chi connectivity index (χ0n) is 10.7. The summed E-state index contributed by atoms with van der Waals surface area (Å²) in [4.78, 5) is 14.0. The van der Waals surface area contributed by atoms with Gasteiger partial charge in [0.25, 0.3) is 5.91 Å². The molecule has 2 aromatic rings. The normalized spacial score (nSPS) is 10.3. The molecule has 0 aliphatic rings. The summed E-state index contributed by atoms with van der Waals surface area (Å²) in [6.07, 6.45) is 0. The topological polar surface area (TPSA) is 40.5 Å². The van der Waals surface area contributed by atoms with Crippen LogP contribution in [0.4, 0.5) is 5.69 Å². The summed E-state index contributed by atoms with van der Waals surface area (Å²) in [6.45, 7) is 1.95. The van der Waals surface area contributed by atoms with Gasteiger partial charge in [0.2, 0.25) is 0 Å². The van der Waals surface area contributed by atoms with Crippen molar-refractivity contribution in [3.63, 3.8) is 0 Å². The molecule has 19 heavy (non-hydrogen) atoms. The molecule has 0 unspecified atom stereocenters. The van der Waals surface area contributed by atoms with Crippen molar-refractivity contribution >= 4 is 27.5 Å². The number of hydrogen-bond donors (Lipinski definition) is 1. The largest absolute Gasteiger partial charge is 0.508 e. The van der Waals surface area contributed by atoms with Crippen LogP contribution in [0.2, 0.25) is 0 Å². The van der Waals surface area contributed by atoms with Gasteiger partial charge in [-0.25, -0.2) is 0 Å². The van der Waals surface area contributed by atoms with E-state index in [1.54, 1.807) is 36.2 Å². The average Bonchev–Trinajstić information content (AvgIpc) is 2.41. The quantitative estimate of drug-likeness (QED) is 0.916. The summed E-state index contributed by atoms with van der Waals surface area (Å²) in [5, 5.41) is 9.26. The smallest absolute Gasteiger partial charge is 0.259 e. The lowest BCUT2D eigenvalue weighted by atomic mass is 10.1. The third-order valence-electron chi connectivity index (χ3n) is 2.89. The van der Waals surface area contributed by atoms with Crippen molar-refractivity contribution in [2.75, 3.05) is 11.9 Å². The van der Waals surface area contributed by atoms with Crippen molar-refractivity contribution in [2.24, 2.45) is 0 Å². The predicted octanol–water partition coefficient (Wildman–Crippen LogP) is 3.74. The van der Waals surface area contributed by atoms with Crippen LogP contribution < -0.4 is 4.90 Å². The van der Waals surface area contributed by atoms with Gasteiger partial charge in [-0.1, -0.05) is 11.6 Å². The van der Waals surface area contributed by atoms with Gasteiger partial charge in [-0.05, 0) is 59.3 Å². The molecule has 1 amide bonds. The Morgan fingerprint density at radius 2 is 1.79 bits per heavy atom. The third-order valence-corrected chi connectivity index (χ3v) is 3.59. The molecule has 1 N–H and O–H groups in total. The Balaban J connectivity index is 2.33. The lowest BCUT2D eigenvalue weighted by Crippen LogP contribution is -2.26. The number of rotatable bonds is 2. The monoisotopic (exact) mass is 319 g/mol. The van der Waals surface area contributed by atoms with Crippen LogP contribution in [0.3, 0.4) is 0 Å². The van der Waals surface area contributed by atoms with Gasteiger partial charge in [-0.3, -0.25) is 4.79 Å². The first-order valence-corrected chi connectivity index (χ1v) is 6.61. The average molecular weight is 320 g/mol. The van der Waals surface area contributed by atoms with E-state index in [0.29, 0.717) is 5.56 Å². The van der Waals surface area contributed by atoms with Crippen LogP contribution >= 0.6 is 15.9 Å². The minimum atomic E-state index is -0.0961. The van der Waals surface area contributed by atoms with Crippen LogP contribution in [0.1, 0.15) is 15.9 Å². The van der Waals surface area contributed by atoms with E-state index >= 15 is 0 Å². The minimum absolute atomic E-state index is 0.0961. The van der Waals surface area contributed by atoms with Gasteiger partial charge < -0.3 is 10.0 Å². The van der Waals surface area contributed by atoms with E-state index < -0.39 is 0 Å². The molecule has 0 saturated carbocycles. The second-order valence-corrected chi connectivity index (χ2v) is 5.22. The predicted molar refractivity (Wildman–Crippen MR) is 79.7 cm³/mol. The molecule has 4 heteroatoms. The SMILES string of the molecule is Cc1ccc(Br)c(C(=O)N(C)c2ccc(O)cc2)c1. The maximum Gasteiger partial charge on any atom is 0.259 e. The number of aryl methyl sites for hydroxylation is 1. The Kier molecular flexibility index (Phi) is 3.90. The fourth-order valence-electron chi connectivity index (χ4n) is 1.78. The van der Waals surface area contributed by atoms with Gasteiger partial charge in [0.15, 0.2) is 0 Å². The first-order valence-electron chi connectivity index (χ1n) is 5.82. The number of carbonyl (C=O) groups is 1. The van der Waals surface area contributed by atoms with E-state index in [0.717, 1.165) is 15.7 Å². The van der Waals surface area contributed by atoms with Gasteiger partial charge in [0.05, 0.1) is 5.56 Å². The Morgan fingerprint density at radius 1 is 1.16 bits per heavy atom. The minimum Gasteiger partial charge on any atom is -0.508 e. The number of anilines is 1. The van der Waals surface area contributed by atoms with E-state index in [1.165, 1.54) is 0 Å². The van der Waals surface area contributed by atoms with Crippen molar-refractivity contribution < 1.29 is 9.90 Å². The highest BCUT2D eigenvalue weighted by molar-refractivity contribution is 9.10. The number of amides is 1. The van der Waals surface area contributed by atoms with E-state index in [-0.39, 0.29) is 11.7 Å². The molecule has 0 radical (unpaired) electrons. The van der Waals surface area contributed by atoms with Gasteiger partial charge in [0, 0.05) is 17.2 Å². The summed E-state index contributed by atoms with van der Waals surface area (Å²) in [5.41, 5.74) is 2.39. The number of nitrogens with zero attached hydrogens (tertiary/aromatic N) is 1.